The van der Waals surface area contributed by atoms with Crippen molar-refractivity contribution in [3.8, 4) is 0 Å². The predicted octanol–water partition coefficient (Wildman–Crippen LogP) is 3.55. The number of nitrogens with one attached hydrogen (secondary N) is 2. The van der Waals surface area contributed by atoms with Crippen LogP contribution in [0.4, 0.5) is 14.6 Å². The summed E-state index contributed by atoms with van der Waals surface area (Å²) in [7, 11) is 0. The Bertz CT molecular complexity index is 1350. The number of morpholine rings is 1. The van der Waals surface area contributed by atoms with Gasteiger partial charge in [-0.15, -0.1) is 0 Å². The Morgan fingerprint density at radius 3 is 2.70 bits per heavy atom. The zero-order valence-corrected chi connectivity index (χ0v) is 22.7. The van der Waals surface area contributed by atoms with E-state index in [1.165, 1.54) is 12.1 Å². The number of rotatable bonds is 9. The number of amides is 1. The van der Waals surface area contributed by atoms with Crippen molar-refractivity contribution in [2.75, 3.05) is 44.8 Å². The zero-order valence-electron chi connectivity index (χ0n) is 22.7. The number of imidazole rings is 1. The highest BCUT2D eigenvalue weighted by Crippen LogP contribution is 2.33. The molecule has 2 aromatic heterocycles. The number of aromatic amines is 1. The van der Waals surface area contributed by atoms with Gasteiger partial charge in [0.25, 0.3) is 0 Å². The summed E-state index contributed by atoms with van der Waals surface area (Å²) in [5.74, 6) is 0.310. The zero-order chi connectivity index (χ0) is 27.6. The Balaban J connectivity index is 1.11. The highest BCUT2D eigenvalue weighted by Gasteiger charge is 2.41. The first-order chi connectivity index (χ1) is 19.5. The molecule has 1 amide bonds. The van der Waals surface area contributed by atoms with Gasteiger partial charge in [0.2, 0.25) is 5.91 Å². The second kappa shape index (κ2) is 11.8. The van der Waals surface area contributed by atoms with Crippen LogP contribution in [0.25, 0.3) is 11.2 Å². The standard InChI is InChI=1S/C29H35F2N5O4/c1-2-18-13-23-29(34-25(33-23)14-19-16-40-24-5-8-39-27(19)24)35-28(18)32-15-20-21(30)11-17(12-22(20)31)3-4-26(37)36-6-9-38-10-7-36/h11-13,19,24,27H,2-10,14-16H2,1H3,(H2,32,33,34,35)/t19-,24-,27-/m1/s1. The van der Waals surface area contributed by atoms with Crippen LogP contribution in [-0.4, -0.2) is 77.5 Å². The van der Waals surface area contributed by atoms with E-state index in [1.54, 1.807) is 4.90 Å². The Hall–Kier alpha value is -3.15. The number of anilines is 1. The Kier molecular flexibility index (Phi) is 7.95. The van der Waals surface area contributed by atoms with Gasteiger partial charge in [0.15, 0.2) is 5.65 Å². The lowest BCUT2D eigenvalue weighted by Crippen LogP contribution is -2.40. The highest BCUT2D eigenvalue weighted by atomic mass is 19.1. The average Bonchev–Trinajstić information content (AvgIpc) is 3.68. The van der Waals surface area contributed by atoms with E-state index in [0.717, 1.165) is 29.9 Å². The highest BCUT2D eigenvalue weighted by molar-refractivity contribution is 5.76. The van der Waals surface area contributed by atoms with Crippen molar-refractivity contribution in [2.45, 2.75) is 57.8 Å². The largest absolute Gasteiger partial charge is 0.378 e. The third-order valence-electron chi connectivity index (χ3n) is 8.13. The molecule has 0 spiro atoms. The molecule has 214 valence electrons. The number of carbonyl (C=O) groups excluding carboxylic acids is 1. The number of H-pyrrole nitrogens is 1. The van der Waals surface area contributed by atoms with E-state index in [2.05, 4.69) is 15.3 Å². The molecule has 6 rings (SSSR count). The van der Waals surface area contributed by atoms with Gasteiger partial charge in [0.05, 0.1) is 37.5 Å². The number of ether oxygens (including phenoxy) is 3. The van der Waals surface area contributed by atoms with Crippen molar-refractivity contribution in [3.05, 3.63) is 52.3 Å². The number of halogens is 2. The molecule has 9 nitrogen and oxygen atoms in total. The molecule has 3 aromatic rings. The van der Waals surface area contributed by atoms with E-state index in [0.29, 0.717) is 62.8 Å². The maximum absolute atomic E-state index is 15.0. The molecule has 2 N–H and O–H groups in total. The summed E-state index contributed by atoms with van der Waals surface area (Å²) >= 11 is 0. The smallest absolute Gasteiger partial charge is 0.223 e. The molecule has 0 bridgehead atoms. The summed E-state index contributed by atoms with van der Waals surface area (Å²) < 4.78 is 46.9. The lowest BCUT2D eigenvalue weighted by Gasteiger charge is -2.26. The normalized spacial score (nSPS) is 22.7. The quantitative estimate of drug-likeness (QED) is 0.417. The van der Waals surface area contributed by atoms with Crippen molar-refractivity contribution in [2.24, 2.45) is 5.92 Å². The molecule has 5 heterocycles. The molecule has 3 saturated heterocycles. The lowest BCUT2D eigenvalue weighted by molar-refractivity contribution is -0.135. The van der Waals surface area contributed by atoms with Crippen molar-refractivity contribution in [1.82, 2.24) is 19.9 Å². The van der Waals surface area contributed by atoms with E-state index >= 15 is 0 Å². The van der Waals surface area contributed by atoms with Crippen molar-refractivity contribution in [1.29, 1.82) is 0 Å². The van der Waals surface area contributed by atoms with Crippen LogP contribution in [0.2, 0.25) is 0 Å². The summed E-state index contributed by atoms with van der Waals surface area (Å²) in [6.45, 7) is 5.48. The molecule has 11 heteroatoms. The van der Waals surface area contributed by atoms with Crippen LogP contribution in [0.5, 0.6) is 0 Å². The Morgan fingerprint density at radius 2 is 1.93 bits per heavy atom. The molecule has 3 fully saturated rings. The minimum Gasteiger partial charge on any atom is -0.378 e. The number of fused-ring (bicyclic) bond motifs is 2. The van der Waals surface area contributed by atoms with Crippen LogP contribution in [-0.2, 0) is 44.8 Å². The maximum atomic E-state index is 15.0. The first-order valence-electron chi connectivity index (χ1n) is 14.2. The minimum atomic E-state index is -0.645. The molecule has 1 aromatic carbocycles. The molecule has 0 aliphatic carbocycles. The number of nitrogens with zero attached hydrogens (tertiary/aromatic N) is 3. The third-order valence-corrected chi connectivity index (χ3v) is 8.13. The molecule has 0 unspecified atom stereocenters. The molecular formula is C29H35F2N5O4. The van der Waals surface area contributed by atoms with E-state index in [1.807, 2.05) is 13.0 Å². The molecule has 0 radical (unpaired) electrons. The predicted molar refractivity (Wildman–Crippen MR) is 144 cm³/mol. The summed E-state index contributed by atoms with van der Waals surface area (Å²) in [6.07, 6.45) is 3.12. The topological polar surface area (TPSA) is 102 Å². The van der Waals surface area contributed by atoms with E-state index < -0.39 is 11.6 Å². The SMILES string of the molecule is CCc1cc2[nH]c(C[C@@H]3CO[C@@H]4CCO[C@H]34)nc2nc1NCc1c(F)cc(CCC(=O)N2CCOCC2)cc1F. The van der Waals surface area contributed by atoms with Gasteiger partial charge in [-0.2, -0.15) is 0 Å². The van der Waals surface area contributed by atoms with Crippen LogP contribution in [0, 0.1) is 17.6 Å². The molecule has 0 saturated carbocycles. The summed E-state index contributed by atoms with van der Waals surface area (Å²) in [5.41, 5.74) is 2.69. The van der Waals surface area contributed by atoms with Gasteiger partial charge in [-0.25, -0.2) is 18.7 Å². The fourth-order valence-corrected chi connectivity index (χ4v) is 5.89. The van der Waals surface area contributed by atoms with E-state index in [-0.39, 0.29) is 49.0 Å². The third kappa shape index (κ3) is 5.68. The Labute approximate surface area is 231 Å². The van der Waals surface area contributed by atoms with Crippen molar-refractivity contribution >= 4 is 22.9 Å². The second-order valence-electron chi connectivity index (χ2n) is 10.7. The fraction of sp³-hybridized carbons (Fsp3) is 0.552. The minimum absolute atomic E-state index is 0.0300. The van der Waals surface area contributed by atoms with Gasteiger partial charge >= 0.3 is 0 Å². The Morgan fingerprint density at radius 1 is 1.12 bits per heavy atom. The lowest BCUT2D eigenvalue weighted by atomic mass is 9.98. The van der Waals surface area contributed by atoms with Gasteiger partial charge < -0.3 is 29.4 Å². The van der Waals surface area contributed by atoms with Crippen molar-refractivity contribution in [3.63, 3.8) is 0 Å². The van der Waals surface area contributed by atoms with Gasteiger partial charge in [0, 0.05) is 50.6 Å². The van der Waals surface area contributed by atoms with E-state index in [4.69, 9.17) is 19.2 Å². The summed E-state index contributed by atoms with van der Waals surface area (Å²) in [6, 6.07) is 4.62. The second-order valence-corrected chi connectivity index (χ2v) is 10.7. The number of hydrogen-bond donors (Lipinski definition) is 2. The number of pyridine rings is 1. The molecule has 40 heavy (non-hydrogen) atoms. The molecule has 3 aliphatic rings. The summed E-state index contributed by atoms with van der Waals surface area (Å²) in [4.78, 5) is 26.9. The van der Waals surface area contributed by atoms with Crippen LogP contribution in [0.15, 0.2) is 18.2 Å². The monoisotopic (exact) mass is 555 g/mol. The summed E-state index contributed by atoms with van der Waals surface area (Å²) in [5, 5.41) is 3.12. The first-order valence-corrected chi connectivity index (χ1v) is 14.2. The first kappa shape index (κ1) is 27.0. The van der Waals surface area contributed by atoms with Gasteiger partial charge in [-0.3, -0.25) is 4.79 Å². The maximum Gasteiger partial charge on any atom is 0.223 e. The van der Waals surface area contributed by atoms with Gasteiger partial charge in [-0.1, -0.05) is 6.92 Å². The number of benzene rings is 1. The van der Waals surface area contributed by atoms with Gasteiger partial charge in [-0.05, 0) is 48.6 Å². The molecular weight excluding hydrogens is 520 g/mol. The number of carbonyl (C=O) groups is 1. The van der Waals surface area contributed by atoms with Gasteiger partial charge in [0.1, 0.15) is 23.3 Å². The van der Waals surface area contributed by atoms with Crippen LogP contribution in [0.3, 0.4) is 0 Å². The number of aromatic nitrogens is 3. The van der Waals surface area contributed by atoms with Crippen LogP contribution >= 0.6 is 0 Å². The van der Waals surface area contributed by atoms with E-state index in [9.17, 15) is 13.6 Å². The number of hydrogen-bond acceptors (Lipinski definition) is 7. The fourth-order valence-electron chi connectivity index (χ4n) is 5.89. The van der Waals surface area contributed by atoms with Crippen LogP contribution < -0.4 is 5.32 Å². The average molecular weight is 556 g/mol. The number of aryl methyl sites for hydroxylation is 2. The van der Waals surface area contributed by atoms with Crippen LogP contribution in [0.1, 0.15) is 42.3 Å². The van der Waals surface area contributed by atoms with Crippen molar-refractivity contribution < 1.29 is 27.8 Å². The molecule has 3 aliphatic heterocycles. The molecule has 3 atom stereocenters.